The second-order valence-electron chi connectivity index (χ2n) is 6.48. The lowest BCUT2D eigenvalue weighted by molar-refractivity contribution is -0.148. The van der Waals surface area contributed by atoms with E-state index in [0.29, 0.717) is 0 Å². The molecule has 1 heterocycles. The number of carbonyl (C=O) groups is 1. The Morgan fingerprint density at radius 1 is 1.25 bits per heavy atom. The van der Waals surface area contributed by atoms with E-state index in [1.54, 1.807) is 0 Å². The lowest BCUT2D eigenvalue weighted by Crippen LogP contribution is -2.53. The van der Waals surface area contributed by atoms with Crippen LogP contribution in [-0.4, -0.2) is 49.2 Å². The van der Waals surface area contributed by atoms with Gasteiger partial charge in [-0.3, -0.25) is 10.1 Å². The molecule has 1 atom stereocenters. The van der Waals surface area contributed by atoms with Crippen LogP contribution in [0, 0.1) is 0 Å². The number of rotatable bonds is 8. The van der Waals surface area contributed by atoms with Crippen molar-refractivity contribution in [2.75, 3.05) is 26.7 Å². The highest BCUT2D eigenvalue weighted by Crippen LogP contribution is 2.18. The summed E-state index contributed by atoms with van der Waals surface area (Å²) >= 11 is 0. The van der Waals surface area contributed by atoms with Crippen LogP contribution in [0.4, 0.5) is 0 Å². The molecule has 1 aliphatic rings. The minimum Gasteiger partial charge on any atom is -0.468 e. The summed E-state index contributed by atoms with van der Waals surface area (Å²) in [6.45, 7) is 9.75. The SMILES string of the molecule is COC(=O)C(C)(CCCCN1CCCCC1)NC(C)C. The number of nitrogens with zero attached hydrogens (tertiary/aromatic N) is 1. The van der Waals surface area contributed by atoms with Gasteiger partial charge in [-0.15, -0.1) is 0 Å². The number of hydrogen-bond acceptors (Lipinski definition) is 4. The van der Waals surface area contributed by atoms with E-state index in [-0.39, 0.29) is 12.0 Å². The Bertz CT molecular complexity index is 288. The summed E-state index contributed by atoms with van der Waals surface area (Å²) in [6.07, 6.45) is 7.12. The Kier molecular flexibility index (Phi) is 7.52. The number of piperidine rings is 1. The third-order valence-corrected chi connectivity index (χ3v) is 4.09. The van der Waals surface area contributed by atoms with Gasteiger partial charge in [0.15, 0.2) is 0 Å². The molecule has 1 fully saturated rings. The van der Waals surface area contributed by atoms with Gasteiger partial charge in [0.25, 0.3) is 0 Å². The molecule has 0 amide bonds. The predicted octanol–water partition coefficient (Wildman–Crippen LogP) is 2.57. The average molecular weight is 284 g/mol. The maximum absolute atomic E-state index is 12.0. The third-order valence-electron chi connectivity index (χ3n) is 4.09. The van der Waals surface area contributed by atoms with Crippen LogP contribution < -0.4 is 5.32 Å². The molecule has 0 aromatic heterocycles. The zero-order valence-corrected chi connectivity index (χ0v) is 13.7. The zero-order valence-electron chi connectivity index (χ0n) is 13.7. The van der Waals surface area contributed by atoms with E-state index in [1.165, 1.54) is 46.0 Å². The molecule has 118 valence electrons. The summed E-state index contributed by atoms with van der Waals surface area (Å²) in [7, 11) is 1.47. The van der Waals surface area contributed by atoms with Gasteiger partial charge >= 0.3 is 5.97 Å². The van der Waals surface area contributed by atoms with Gasteiger partial charge in [-0.05, 0) is 72.5 Å². The smallest absolute Gasteiger partial charge is 0.325 e. The van der Waals surface area contributed by atoms with Gasteiger partial charge in [0.05, 0.1) is 7.11 Å². The summed E-state index contributed by atoms with van der Waals surface area (Å²) in [5.74, 6) is -0.149. The van der Waals surface area contributed by atoms with Crippen LogP contribution in [-0.2, 0) is 9.53 Å². The van der Waals surface area contributed by atoms with Gasteiger partial charge in [-0.2, -0.15) is 0 Å². The van der Waals surface area contributed by atoms with Gasteiger partial charge in [-0.1, -0.05) is 6.42 Å². The lowest BCUT2D eigenvalue weighted by atomic mass is 9.93. The Labute approximate surface area is 124 Å². The van der Waals surface area contributed by atoms with Crippen molar-refractivity contribution in [3.8, 4) is 0 Å². The first-order valence-corrected chi connectivity index (χ1v) is 8.06. The number of ether oxygens (including phenoxy) is 1. The van der Waals surface area contributed by atoms with Gasteiger partial charge in [0, 0.05) is 6.04 Å². The molecule has 0 radical (unpaired) electrons. The minimum atomic E-state index is -0.551. The maximum Gasteiger partial charge on any atom is 0.325 e. The molecule has 1 aliphatic heterocycles. The molecule has 0 aliphatic carbocycles. The fourth-order valence-electron chi connectivity index (χ4n) is 3.09. The van der Waals surface area contributed by atoms with Gasteiger partial charge in [0.1, 0.15) is 5.54 Å². The molecule has 1 N–H and O–H groups in total. The molecule has 20 heavy (non-hydrogen) atoms. The van der Waals surface area contributed by atoms with Crippen LogP contribution in [0.3, 0.4) is 0 Å². The number of esters is 1. The van der Waals surface area contributed by atoms with E-state index in [2.05, 4.69) is 24.1 Å². The molecular weight excluding hydrogens is 252 g/mol. The van der Waals surface area contributed by atoms with E-state index < -0.39 is 5.54 Å². The molecule has 0 bridgehead atoms. The molecule has 1 saturated heterocycles. The number of methoxy groups -OCH3 is 1. The first kappa shape index (κ1) is 17.4. The van der Waals surface area contributed by atoms with Crippen molar-refractivity contribution in [3.05, 3.63) is 0 Å². The van der Waals surface area contributed by atoms with Crippen LogP contribution in [0.5, 0.6) is 0 Å². The number of nitrogens with one attached hydrogen (secondary N) is 1. The van der Waals surface area contributed by atoms with Crippen LogP contribution in [0.25, 0.3) is 0 Å². The second-order valence-corrected chi connectivity index (χ2v) is 6.48. The number of carbonyl (C=O) groups excluding carboxylic acids is 1. The summed E-state index contributed by atoms with van der Waals surface area (Å²) in [5, 5.41) is 3.36. The van der Waals surface area contributed by atoms with Crippen molar-refractivity contribution in [1.82, 2.24) is 10.2 Å². The van der Waals surface area contributed by atoms with E-state index in [9.17, 15) is 4.79 Å². The molecule has 0 saturated carbocycles. The van der Waals surface area contributed by atoms with Crippen molar-refractivity contribution < 1.29 is 9.53 Å². The van der Waals surface area contributed by atoms with Gasteiger partial charge in [0.2, 0.25) is 0 Å². The monoisotopic (exact) mass is 284 g/mol. The fourth-order valence-corrected chi connectivity index (χ4v) is 3.09. The highest BCUT2D eigenvalue weighted by atomic mass is 16.5. The zero-order chi connectivity index (χ0) is 15.0. The minimum absolute atomic E-state index is 0.149. The third kappa shape index (κ3) is 5.80. The highest BCUT2D eigenvalue weighted by molar-refractivity contribution is 5.80. The van der Waals surface area contributed by atoms with Crippen molar-refractivity contribution in [1.29, 1.82) is 0 Å². The number of unbranched alkanes of at least 4 members (excludes halogenated alkanes) is 1. The molecule has 1 unspecified atom stereocenters. The normalized spacial score (nSPS) is 19.9. The van der Waals surface area contributed by atoms with Crippen molar-refractivity contribution in [2.45, 2.75) is 70.9 Å². The summed E-state index contributed by atoms with van der Waals surface area (Å²) in [6, 6.07) is 0.279. The summed E-state index contributed by atoms with van der Waals surface area (Å²) in [5.41, 5.74) is -0.551. The fraction of sp³-hybridized carbons (Fsp3) is 0.938. The topological polar surface area (TPSA) is 41.6 Å². The quantitative estimate of drug-likeness (QED) is 0.549. The molecule has 1 rings (SSSR count). The maximum atomic E-state index is 12.0. The van der Waals surface area contributed by atoms with E-state index >= 15 is 0 Å². The van der Waals surface area contributed by atoms with Gasteiger partial charge in [-0.25, -0.2) is 0 Å². The Morgan fingerprint density at radius 2 is 1.90 bits per heavy atom. The largest absolute Gasteiger partial charge is 0.468 e. The predicted molar refractivity (Wildman–Crippen MR) is 82.8 cm³/mol. The van der Waals surface area contributed by atoms with Crippen LogP contribution in [0.2, 0.25) is 0 Å². The standard InChI is InChI=1S/C16H32N2O2/c1-14(2)17-16(3,15(19)20-4)10-6-9-13-18-11-7-5-8-12-18/h14,17H,5-13H2,1-4H3. The molecular formula is C16H32N2O2. The first-order valence-electron chi connectivity index (χ1n) is 8.06. The molecule has 0 spiro atoms. The number of likely N-dealkylation sites (tertiary alicyclic amines) is 1. The lowest BCUT2D eigenvalue weighted by Gasteiger charge is -2.31. The molecule has 0 aromatic rings. The van der Waals surface area contributed by atoms with Crippen molar-refractivity contribution >= 4 is 5.97 Å². The summed E-state index contributed by atoms with van der Waals surface area (Å²) in [4.78, 5) is 14.5. The summed E-state index contributed by atoms with van der Waals surface area (Å²) < 4.78 is 4.95. The van der Waals surface area contributed by atoms with E-state index in [4.69, 9.17) is 4.74 Å². The van der Waals surface area contributed by atoms with Crippen LogP contribution in [0.15, 0.2) is 0 Å². The molecule has 4 heteroatoms. The molecule has 4 nitrogen and oxygen atoms in total. The van der Waals surface area contributed by atoms with Crippen molar-refractivity contribution in [3.63, 3.8) is 0 Å². The Morgan fingerprint density at radius 3 is 2.45 bits per heavy atom. The van der Waals surface area contributed by atoms with E-state index in [0.717, 1.165) is 19.3 Å². The van der Waals surface area contributed by atoms with E-state index in [1.807, 2.05) is 6.92 Å². The second kappa shape index (κ2) is 8.63. The molecule has 0 aromatic carbocycles. The Balaban J connectivity index is 2.32. The average Bonchev–Trinajstić information content (AvgIpc) is 2.43. The van der Waals surface area contributed by atoms with Crippen molar-refractivity contribution in [2.24, 2.45) is 0 Å². The van der Waals surface area contributed by atoms with Crippen LogP contribution in [0.1, 0.15) is 59.3 Å². The Hall–Kier alpha value is -0.610. The van der Waals surface area contributed by atoms with Gasteiger partial charge < -0.3 is 9.64 Å². The first-order chi connectivity index (χ1) is 9.48. The van der Waals surface area contributed by atoms with Crippen LogP contribution >= 0.6 is 0 Å². The number of hydrogen-bond donors (Lipinski definition) is 1. The highest BCUT2D eigenvalue weighted by Gasteiger charge is 2.34.